The summed E-state index contributed by atoms with van der Waals surface area (Å²) in [6.45, 7) is 1.95. The average Bonchev–Trinajstić information content (AvgIpc) is 2.28. The van der Waals surface area contributed by atoms with Crippen LogP contribution >= 0.6 is 12.4 Å². The summed E-state index contributed by atoms with van der Waals surface area (Å²) in [5.41, 5.74) is 7.04. The highest BCUT2D eigenvalue weighted by atomic mass is 35.5. The number of anilines is 1. The van der Waals surface area contributed by atoms with Crippen molar-refractivity contribution in [2.45, 2.75) is 13.5 Å². The number of rotatable bonds is 4. The van der Waals surface area contributed by atoms with Gasteiger partial charge in [-0.05, 0) is 18.6 Å². The van der Waals surface area contributed by atoms with Crippen LogP contribution in [0.5, 0.6) is 0 Å². The van der Waals surface area contributed by atoms with Crippen molar-refractivity contribution in [3.8, 4) is 0 Å². The maximum Gasteiger partial charge on any atom is 0.234 e. The summed E-state index contributed by atoms with van der Waals surface area (Å²) in [6.07, 6.45) is 0. The van der Waals surface area contributed by atoms with Gasteiger partial charge in [0.1, 0.15) is 0 Å². The molecule has 16 heavy (non-hydrogen) atoms. The molecule has 1 rings (SSSR count). The molecule has 0 radical (unpaired) electrons. The molecule has 0 unspecified atom stereocenters. The predicted octanol–water partition coefficient (Wildman–Crippen LogP) is 1.35. The van der Waals surface area contributed by atoms with Gasteiger partial charge in [0.2, 0.25) is 10.0 Å². The van der Waals surface area contributed by atoms with Gasteiger partial charge >= 0.3 is 0 Å². The Balaban J connectivity index is 0.00000225. The van der Waals surface area contributed by atoms with Gasteiger partial charge in [-0.25, -0.2) is 8.42 Å². The molecule has 0 aliphatic rings. The summed E-state index contributed by atoms with van der Waals surface area (Å²) in [5.74, 6) is 0.0857. The molecule has 2 N–H and O–H groups in total. The Morgan fingerprint density at radius 3 is 2.38 bits per heavy atom. The van der Waals surface area contributed by atoms with Crippen molar-refractivity contribution in [3.05, 3.63) is 29.8 Å². The van der Waals surface area contributed by atoms with E-state index in [4.69, 9.17) is 5.73 Å². The van der Waals surface area contributed by atoms with Crippen LogP contribution in [0, 0.1) is 0 Å². The van der Waals surface area contributed by atoms with Crippen molar-refractivity contribution < 1.29 is 8.42 Å². The van der Waals surface area contributed by atoms with Crippen LogP contribution in [0.25, 0.3) is 0 Å². The van der Waals surface area contributed by atoms with E-state index in [0.717, 1.165) is 5.56 Å². The van der Waals surface area contributed by atoms with E-state index in [9.17, 15) is 8.42 Å². The highest BCUT2D eigenvalue weighted by Crippen LogP contribution is 2.21. The molecular formula is C10H17ClN2O2S. The fourth-order valence-electron chi connectivity index (χ4n) is 1.33. The zero-order valence-electron chi connectivity index (χ0n) is 9.38. The van der Waals surface area contributed by atoms with Crippen LogP contribution in [0.1, 0.15) is 12.5 Å². The normalized spacial score (nSPS) is 10.7. The molecule has 0 saturated carbocycles. The number of sulfonamides is 1. The standard InChI is InChI=1S/C10H16N2O2S.ClH/c1-3-15(13,14)12(2)10-7-5-4-6-9(10)8-11;/h4-7H,3,8,11H2,1-2H3;1H. The van der Waals surface area contributed by atoms with Crippen molar-refractivity contribution in [2.24, 2.45) is 5.73 Å². The number of nitrogens with zero attached hydrogens (tertiary/aromatic N) is 1. The van der Waals surface area contributed by atoms with E-state index in [1.165, 1.54) is 4.31 Å². The van der Waals surface area contributed by atoms with Gasteiger partial charge in [0.25, 0.3) is 0 Å². The highest BCUT2D eigenvalue weighted by molar-refractivity contribution is 7.92. The lowest BCUT2D eigenvalue weighted by Crippen LogP contribution is -2.29. The molecule has 0 aliphatic carbocycles. The van der Waals surface area contributed by atoms with Crippen molar-refractivity contribution in [2.75, 3.05) is 17.1 Å². The lowest BCUT2D eigenvalue weighted by atomic mass is 10.2. The van der Waals surface area contributed by atoms with Gasteiger partial charge < -0.3 is 5.73 Å². The first kappa shape index (κ1) is 15.2. The summed E-state index contributed by atoms with van der Waals surface area (Å²) in [4.78, 5) is 0. The summed E-state index contributed by atoms with van der Waals surface area (Å²) in [7, 11) is -1.66. The molecule has 0 bridgehead atoms. The molecule has 0 amide bonds. The molecule has 0 heterocycles. The van der Waals surface area contributed by atoms with E-state index in [-0.39, 0.29) is 18.2 Å². The quantitative estimate of drug-likeness (QED) is 0.893. The molecule has 0 fully saturated rings. The minimum absolute atomic E-state index is 0. The van der Waals surface area contributed by atoms with E-state index in [0.29, 0.717) is 12.2 Å². The van der Waals surface area contributed by atoms with Gasteiger partial charge in [-0.3, -0.25) is 4.31 Å². The maximum atomic E-state index is 11.7. The van der Waals surface area contributed by atoms with Gasteiger partial charge in [0.05, 0.1) is 11.4 Å². The first-order chi connectivity index (χ1) is 7.03. The van der Waals surface area contributed by atoms with Crippen molar-refractivity contribution in [1.82, 2.24) is 0 Å². The molecule has 0 aliphatic heterocycles. The lowest BCUT2D eigenvalue weighted by Gasteiger charge is -2.20. The van der Waals surface area contributed by atoms with Gasteiger partial charge in [-0.2, -0.15) is 0 Å². The van der Waals surface area contributed by atoms with Gasteiger partial charge in [-0.1, -0.05) is 18.2 Å². The minimum atomic E-state index is -3.21. The molecule has 0 spiro atoms. The number of nitrogens with two attached hydrogens (primary N) is 1. The molecular weight excluding hydrogens is 248 g/mol. The predicted molar refractivity (Wildman–Crippen MR) is 69.4 cm³/mol. The molecule has 4 nitrogen and oxygen atoms in total. The van der Waals surface area contributed by atoms with E-state index < -0.39 is 10.0 Å². The van der Waals surface area contributed by atoms with Crippen LogP contribution in [-0.4, -0.2) is 21.2 Å². The fourth-order valence-corrected chi connectivity index (χ4v) is 2.20. The summed E-state index contributed by atoms with van der Waals surface area (Å²) in [6, 6.07) is 7.24. The topological polar surface area (TPSA) is 63.4 Å². The second kappa shape index (κ2) is 6.08. The largest absolute Gasteiger partial charge is 0.326 e. The van der Waals surface area contributed by atoms with Crippen molar-refractivity contribution in [1.29, 1.82) is 0 Å². The van der Waals surface area contributed by atoms with Crippen LogP contribution in [0.4, 0.5) is 5.69 Å². The number of hydrogen-bond acceptors (Lipinski definition) is 3. The lowest BCUT2D eigenvalue weighted by molar-refractivity contribution is 0.595. The van der Waals surface area contributed by atoms with Gasteiger partial charge in [0.15, 0.2) is 0 Å². The Bertz CT molecular complexity index is 434. The third-order valence-corrected chi connectivity index (χ3v) is 4.09. The summed E-state index contributed by atoms with van der Waals surface area (Å²) >= 11 is 0. The SMILES string of the molecule is CCS(=O)(=O)N(C)c1ccccc1CN.Cl. The van der Waals surface area contributed by atoms with Crippen LogP contribution in [0.2, 0.25) is 0 Å². The Hall–Kier alpha value is -0.780. The Morgan fingerprint density at radius 1 is 1.31 bits per heavy atom. The van der Waals surface area contributed by atoms with E-state index in [1.807, 2.05) is 12.1 Å². The molecule has 1 aromatic carbocycles. The number of para-hydroxylation sites is 1. The second-order valence-corrected chi connectivity index (χ2v) is 5.49. The van der Waals surface area contributed by atoms with Crippen LogP contribution in [0.15, 0.2) is 24.3 Å². The van der Waals surface area contributed by atoms with E-state index in [1.54, 1.807) is 26.1 Å². The van der Waals surface area contributed by atoms with Crippen molar-refractivity contribution in [3.63, 3.8) is 0 Å². The zero-order chi connectivity index (χ0) is 11.5. The van der Waals surface area contributed by atoms with Gasteiger partial charge in [0, 0.05) is 13.6 Å². The van der Waals surface area contributed by atoms with E-state index in [2.05, 4.69) is 0 Å². The maximum absolute atomic E-state index is 11.7. The molecule has 0 atom stereocenters. The van der Waals surface area contributed by atoms with Crippen LogP contribution in [-0.2, 0) is 16.6 Å². The smallest absolute Gasteiger partial charge is 0.234 e. The van der Waals surface area contributed by atoms with Crippen LogP contribution in [0.3, 0.4) is 0 Å². The number of hydrogen-bond donors (Lipinski definition) is 1. The monoisotopic (exact) mass is 264 g/mol. The molecule has 0 aromatic heterocycles. The van der Waals surface area contributed by atoms with Gasteiger partial charge in [-0.15, -0.1) is 12.4 Å². The molecule has 1 aromatic rings. The van der Waals surface area contributed by atoms with Crippen LogP contribution < -0.4 is 10.0 Å². The first-order valence-electron chi connectivity index (χ1n) is 4.77. The molecule has 0 saturated heterocycles. The first-order valence-corrected chi connectivity index (χ1v) is 6.38. The van der Waals surface area contributed by atoms with Crippen molar-refractivity contribution >= 4 is 28.1 Å². The third-order valence-electron chi connectivity index (χ3n) is 2.33. The molecule has 6 heteroatoms. The Morgan fingerprint density at radius 2 is 1.88 bits per heavy atom. The fraction of sp³-hybridized carbons (Fsp3) is 0.400. The Kier molecular flexibility index (Phi) is 5.78. The summed E-state index contributed by atoms with van der Waals surface area (Å²) in [5, 5.41) is 0. The summed E-state index contributed by atoms with van der Waals surface area (Å²) < 4.78 is 24.6. The minimum Gasteiger partial charge on any atom is -0.326 e. The van der Waals surface area contributed by atoms with E-state index >= 15 is 0 Å². The zero-order valence-corrected chi connectivity index (χ0v) is 11.0. The number of benzene rings is 1. The number of halogens is 1. The highest BCUT2D eigenvalue weighted by Gasteiger charge is 2.17. The Labute approximate surface area is 103 Å². The molecule has 92 valence electrons. The average molecular weight is 265 g/mol. The second-order valence-electron chi connectivity index (χ2n) is 3.20. The third kappa shape index (κ3) is 3.10.